The summed E-state index contributed by atoms with van der Waals surface area (Å²) in [6.45, 7) is 2.54. The lowest BCUT2D eigenvalue weighted by Crippen LogP contribution is -2.37. The van der Waals surface area contributed by atoms with Crippen molar-refractivity contribution in [2.24, 2.45) is 0 Å². The molecular weight excluding hydrogens is 340 g/mol. The molecule has 0 aliphatic rings. The maximum Gasteiger partial charge on any atom is 0.233 e. The van der Waals surface area contributed by atoms with Crippen LogP contribution in [0, 0.1) is 0 Å². The molecule has 0 fully saturated rings. The van der Waals surface area contributed by atoms with E-state index in [0.29, 0.717) is 6.54 Å². The van der Waals surface area contributed by atoms with Crippen molar-refractivity contribution in [2.45, 2.75) is 23.1 Å². The largest absolute Gasteiger partial charge is 0.497 e. The van der Waals surface area contributed by atoms with E-state index >= 15 is 0 Å². The Labute approximate surface area is 152 Å². The predicted molar refractivity (Wildman–Crippen MR) is 102 cm³/mol. The Morgan fingerprint density at radius 1 is 1.29 bits per heavy atom. The molecule has 1 heterocycles. The van der Waals surface area contributed by atoms with Crippen molar-refractivity contribution in [2.75, 3.05) is 27.7 Å². The monoisotopic (exact) mass is 364 g/mol. The lowest BCUT2D eigenvalue weighted by Gasteiger charge is -2.24. The van der Waals surface area contributed by atoms with Crippen molar-refractivity contribution >= 4 is 29.0 Å². The van der Waals surface area contributed by atoms with E-state index in [1.165, 1.54) is 5.56 Å². The number of rotatable bonds is 8. The van der Waals surface area contributed by atoms with E-state index in [-0.39, 0.29) is 17.2 Å². The molecule has 2 atom stereocenters. The zero-order valence-electron chi connectivity index (χ0n) is 14.5. The number of ether oxygens (including phenoxy) is 1. The number of hydrogen-bond acceptors (Lipinski definition) is 5. The number of carbonyl (C=O) groups is 1. The number of methoxy groups -OCH3 is 1. The summed E-state index contributed by atoms with van der Waals surface area (Å²) in [5.41, 5.74) is 1.24. The molecule has 130 valence electrons. The highest BCUT2D eigenvalue weighted by Gasteiger charge is 2.19. The van der Waals surface area contributed by atoms with E-state index in [1.54, 1.807) is 30.2 Å². The molecule has 2 aromatic rings. The van der Waals surface area contributed by atoms with Crippen LogP contribution in [0.15, 0.2) is 46.0 Å². The summed E-state index contributed by atoms with van der Waals surface area (Å²) in [4.78, 5) is 15.6. The number of benzene rings is 1. The molecule has 2 rings (SSSR count). The Balaban J connectivity index is 1.88. The Kier molecular flexibility index (Phi) is 7.15. The molecule has 1 aromatic carbocycles. The van der Waals surface area contributed by atoms with E-state index in [1.807, 2.05) is 45.3 Å². The summed E-state index contributed by atoms with van der Waals surface area (Å²) in [5, 5.41) is 7.12. The molecule has 6 heteroatoms. The average Bonchev–Trinajstić information content (AvgIpc) is 3.09. The molecule has 0 bridgehead atoms. The topological polar surface area (TPSA) is 41.6 Å². The van der Waals surface area contributed by atoms with Crippen LogP contribution in [0.25, 0.3) is 0 Å². The highest BCUT2D eigenvalue weighted by atomic mass is 32.2. The van der Waals surface area contributed by atoms with Gasteiger partial charge in [-0.15, -0.1) is 11.8 Å². The maximum atomic E-state index is 12.4. The van der Waals surface area contributed by atoms with Crippen LogP contribution >= 0.6 is 23.1 Å². The normalized spacial score (nSPS) is 13.5. The molecule has 0 saturated carbocycles. The third kappa shape index (κ3) is 5.26. The van der Waals surface area contributed by atoms with Gasteiger partial charge in [0.25, 0.3) is 0 Å². The molecule has 4 nitrogen and oxygen atoms in total. The molecule has 1 aromatic heterocycles. The van der Waals surface area contributed by atoms with Gasteiger partial charge in [-0.3, -0.25) is 4.79 Å². The number of hydrogen-bond donors (Lipinski definition) is 1. The van der Waals surface area contributed by atoms with E-state index in [0.717, 1.165) is 10.6 Å². The van der Waals surface area contributed by atoms with Gasteiger partial charge in [-0.1, -0.05) is 0 Å². The average molecular weight is 365 g/mol. The van der Waals surface area contributed by atoms with Crippen molar-refractivity contribution in [1.29, 1.82) is 0 Å². The van der Waals surface area contributed by atoms with Crippen LogP contribution in [0.2, 0.25) is 0 Å². The highest BCUT2D eigenvalue weighted by Crippen LogP contribution is 2.26. The summed E-state index contributed by atoms with van der Waals surface area (Å²) in [6.07, 6.45) is 0. The first kappa shape index (κ1) is 18.8. The lowest BCUT2D eigenvalue weighted by atomic mass is 10.1. The van der Waals surface area contributed by atoms with E-state index in [2.05, 4.69) is 27.0 Å². The molecule has 24 heavy (non-hydrogen) atoms. The molecule has 0 saturated heterocycles. The first-order valence-corrected chi connectivity index (χ1v) is 9.60. The van der Waals surface area contributed by atoms with Crippen molar-refractivity contribution in [3.05, 3.63) is 46.7 Å². The second-order valence-corrected chi connectivity index (χ2v) is 7.91. The van der Waals surface area contributed by atoms with Crippen molar-refractivity contribution in [3.8, 4) is 5.75 Å². The SMILES string of the molecule is COc1ccc(S[C@@H](C)C(=O)NC[C@@H](c2ccsc2)N(C)C)cc1. The maximum absolute atomic E-state index is 12.4. The quantitative estimate of drug-likeness (QED) is 0.726. The molecule has 0 aliphatic carbocycles. The summed E-state index contributed by atoms with van der Waals surface area (Å²) in [6, 6.07) is 10.1. The summed E-state index contributed by atoms with van der Waals surface area (Å²) in [5.74, 6) is 0.874. The van der Waals surface area contributed by atoms with Gasteiger partial charge in [-0.25, -0.2) is 0 Å². The van der Waals surface area contributed by atoms with Gasteiger partial charge in [0.15, 0.2) is 0 Å². The molecule has 0 radical (unpaired) electrons. The van der Waals surface area contributed by atoms with Gasteiger partial charge in [0.1, 0.15) is 5.75 Å². The van der Waals surface area contributed by atoms with Crippen molar-refractivity contribution in [1.82, 2.24) is 10.2 Å². The first-order chi connectivity index (χ1) is 11.5. The smallest absolute Gasteiger partial charge is 0.233 e. The standard InChI is InChI=1S/C18H24N2O2S2/c1-13(24-16-7-5-15(22-4)6-8-16)18(21)19-11-17(20(2)3)14-9-10-23-12-14/h5-10,12-13,17H,11H2,1-4H3,(H,19,21)/t13-,17-/m0/s1. The molecule has 1 N–H and O–H groups in total. The van der Waals surface area contributed by atoms with E-state index in [4.69, 9.17) is 4.74 Å². The Hall–Kier alpha value is -1.50. The van der Waals surface area contributed by atoms with Gasteiger partial charge in [0, 0.05) is 11.4 Å². The van der Waals surface area contributed by atoms with Crippen molar-refractivity contribution < 1.29 is 9.53 Å². The number of thiophene rings is 1. The van der Waals surface area contributed by atoms with Crippen LogP contribution < -0.4 is 10.1 Å². The minimum atomic E-state index is -0.149. The second-order valence-electron chi connectivity index (χ2n) is 5.72. The Morgan fingerprint density at radius 2 is 2.00 bits per heavy atom. The fraction of sp³-hybridized carbons (Fsp3) is 0.389. The molecule has 0 spiro atoms. The lowest BCUT2D eigenvalue weighted by molar-refractivity contribution is -0.120. The second kappa shape index (κ2) is 9.11. The van der Waals surface area contributed by atoms with Gasteiger partial charge in [0.05, 0.1) is 18.4 Å². The number of nitrogens with zero attached hydrogens (tertiary/aromatic N) is 1. The van der Waals surface area contributed by atoms with Crippen LogP contribution in [-0.4, -0.2) is 43.8 Å². The van der Waals surface area contributed by atoms with Crippen LogP contribution in [0.1, 0.15) is 18.5 Å². The van der Waals surface area contributed by atoms with Crippen molar-refractivity contribution in [3.63, 3.8) is 0 Å². The van der Waals surface area contributed by atoms with E-state index in [9.17, 15) is 4.79 Å². The Morgan fingerprint density at radius 3 is 2.54 bits per heavy atom. The van der Waals surface area contributed by atoms with Crippen LogP contribution in [0.5, 0.6) is 5.75 Å². The summed E-state index contributed by atoms with van der Waals surface area (Å²) in [7, 11) is 5.71. The third-order valence-corrected chi connectivity index (χ3v) is 5.58. The fourth-order valence-corrected chi connectivity index (χ4v) is 3.91. The van der Waals surface area contributed by atoms with E-state index < -0.39 is 0 Å². The Bertz CT molecular complexity index is 627. The number of nitrogens with one attached hydrogen (secondary N) is 1. The summed E-state index contributed by atoms with van der Waals surface area (Å²) < 4.78 is 5.15. The van der Waals surface area contributed by atoms with Gasteiger partial charge in [-0.2, -0.15) is 11.3 Å². The number of thioether (sulfide) groups is 1. The predicted octanol–water partition coefficient (Wildman–Crippen LogP) is 3.66. The van der Waals surface area contributed by atoms with Crippen LogP contribution in [0.4, 0.5) is 0 Å². The molecule has 0 unspecified atom stereocenters. The number of amides is 1. The third-order valence-electron chi connectivity index (χ3n) is 3.76. The highest BCUT2D eigenvalue weighted by molar-refractivity contribution is 8.00. The first-order valence-electron chi connectivity index (χ1n) is 7.78. The molecule has 1 amide bonds. The zero-order valence-corrected chi connectivity index (χ0v) is 16.1. The fourth-order valence-electron chi connectivity index (χ4n) is 2.32. The van der Waals surface area contributed by atoms with Gasteiger partial charge in [0.2, 0.25) is 5.91 Å². The molecular formula is C18H24N2O2S2. The number of likely N-dealkylation sites (N-methyl/N-ethyl adjacent to an activating group) is 1. The summed E-state index contributed by atoms with van der Waals surface area (Å²) >= 11 is 3.23. The molecule has 0 aliphatic heterocycles. The van der Waals surface area contributed by atoms with Gasteiger partial charge in [-0.05, 0) is 67.7 Å². The number of carbonyl (C=O) groups excluding carboxylic acids is 1. The minimum absolute atomic E-state index is 0.0536. The van der Waals surface area contributed by atoms with Gasteiger partial charge < -0.3 is 15.0 Å². The van der Waals surface area contributed by atoms with Crippen LogP contribution in [-0.2, 0) is 4.79 Å². The zero-order chi connectivity index (χ0) is 17.5. The van der Waals surface area contributed by atoms with Crippen LogP contribution in [0.3, 0.4) is 0 Å². The van der Waals surface area contributed by atoms with Gasteiger partial charge >= 0.3 is 0 Å². The minimum Gasteiger partial charge on any atom is -0.497 e.